The van der Waals surface area contributed by atoms with Crippen LogP contribution in [0.3, 0.4) is 0 Å². The monoisotopic (exact) mass is 463 g/mol. The van der Waals surface area contributed by atoms with E-state index < -0.39 is 0 Å². The van der Waals surface area contributed by atoms with E-state index in [2.05, 4.69) is 32.3 Å². The van der Waals surface area contributed by atoms with Crippen LogP contribution in [0.4, 0.5) is 10.1 Å². The molecular weight excluding hydrogens is 432 g/mol. The highest BCUT2D eigenvalue weighted by molar-refractivity contribution is 14.0. The summed E-state index contributed by atoms with van der Waals surface area (Å²) in [6, 6.07) is 7.04. The summed E-state index contributed by atoms with van der Waals surface area (Å²) in [6.07, 6.45) is 2.17. The van der Waals surface area contributed by atoms with Crippen LogP contribution in [0.15, 0.2) is 29.3 Å². The van der Waals surface area contributed by atoms with Gasteiger partial charge in [-0.25, -0.2) is 4.39 Å². The third-order valence-electron chi connectivity index (χ3n) is 4.28. The first-order valence-corrected chi connectivity index (χ1v) is 8.91. The Morgan fingerprint density at radius 1 is 1.12 bits per heavy atom. The lowest BCUT2D eigenvalue weighted by Crippen LogP contribution is -2.47. The molecule has 0 bridgehead atoms. The zero-order valence-electron chi connectivity index (χ0n) is 15.3. The number of halogens is 2. The van der Waals surface area contributed by atoms with Gasteiger partial charge in [0.15, 0.2) is 5.96 Å². The van der Waals surface area contributed by atoms with Crippen LogP contribution in [0, 0.1) is 5.82 Å². The van der Waals surface area contributed by atoms with Gasteiger partial charge in [-0.1, -0.05) is 19.1 Å². The van der Waals surface area contributed by atoms with E-state index in [-0.39, 0.29) is 29.8 Å². The highest BCUT2D eigenvalue weighted by atomic mass is 127. The molecule has 0 aliphatic carbocycles. The van der Waals surface area contributed by atoms with Crippen molar-refractivity contribution in [3.8, 4) is 0 Å². The van der Waals surface area contributed by atoms with Crippen molar-refractivity contribution in [2.75, 3.05) is 57.8 Å². The fourth-order valence-electron chi connectivity index (χ4n) is 2.89. The molecule has 2 N–H and O–H groups in total. The maximum absolute atomic E-state index is 13.8. The number of nitrogens with zero attached hydrogens (tertiary/aromatic N) is 3. The van der Waals surface area contributed by atoms with Crippen LogP contribution in [0.1, 0.15) is 19.8 Å². The molecule has 142 valence electrons. The van der Waals surface area contributed by atoms with Crippen molar-refractivity contribution in [2.24, 2.45) is 4.99 Å². The molecule has 0 radical (unpaired) electrons. The van der Waals surface area contributed by atoms with Crippen LogP contribution >= 0.6 is 24.0 Å². The zero-order valence-corrected chi connectivity index (χ0v) is 17.6. The van der Waals surface area contributed by atoms with Gasteiger partial charge in [0.2, 0.25) is 0 Å². The number of guanidine groups is 1. The van der Waals surface area contributed by atoms with Gasteiger partial charge in [0.05, 0.1) is 5.69 Å². The summed E-state index contributed by atoms with van der Waals surface area (Å²) in [4.78, 5) is 8.79. The second-order valence-corrected chi connectivity index (χ2v) is 6.06. The molecule has 7 heteroatoms. The van der Waals surface area contributed by atoms with E-state index in [4.69, 9.17) is 0 Å². The molecule has 1 aromatic carbocycles. The average Bonchev–Trinajstić information content (AvgIpc) is 2.62. The Kier molecular flexibility index (Phi) is 10.8. The van der Waals surface area contributed by atoms with Crippen molar-refractivity contribution in [1.29, 1.82) is 0 Å². The van der Waals surface area contributed by atoms with Crippen LogP contribution in [-0.4, -0.2) is 63.7 Å². The fourth-order valence-corrected chi connectivity index (χ4v) is 2.89. The Bertz CT molecular complexity index is 518. The lowest BCUT2D eigenvalue weighted by Gasteiger charge is -2.36. The first kappa shape index (κ1) is 22.0. The third kappa shape index (κ3) is 7.35. The van der Waals surface area contributed by atoms with E-state index in [1.807, 2.05) is 12.1 Å². The van der Waals surface area contributed by atoms with Crippen LogP contribution in [0.25, 0.3) is 0 Å². The average molecular weight is 463 g/mol. The number of hydrogen-bond acceptors (Lipinski definition) is 3. The van der Waals surface area contributed by atoms with E-state index in [0.717, 1.165) is 70.3 Å². The van der Waals surface area contributed by atoms with Crippen molar-refractivity contribution in [1.82, 2.24) is 15.5 Å². The molecule has 0 saturated carbocycles. The van der Waals surface area contributed by atoms with Crippen LogP contribution in [0.2, 0.25) is 0 Å². The number of anilines is 1. The van der Waals surface area contributed by atoms with Crippen molar-refractivity contribution in [2.45, 2.75) is 19.8 Å². The topological polar surface area (TPSA) is 42.9 Å². The van der Waals surface area contributed by atoms with E-state index in [1.165, 1.54) is 6.07 Å². The van der Waals surface area contributed by atoms with Crippen molar-refractivity contribution in [3.05, 3.63) is 30.1 Å². The Labute approximate surface area is 168 Å². The summed E-state index contributed by atoms with van der Waals surface area (Å²) >= 11 is 0. The minimum absolute atomic E-state index is 0. The van der Waals surface area contributed by atoms with E-state index in [0.29, 0.717) is 0 Å². The molecule has 0 atom stereocenters. The Balaban J connectivity index is 0.00000312. The van der Waals surface area contributed by atoms with E-state index in [9.17, 15) is 4.39 Å². The fraction of sp³-hybridized carbons (Fsp3) is 0.611. The predicted molar refractivity (Wildman–Crippen MR) is 115 cm³/mol. The first-order valence-electron chi connectivity index (χ1n) is 8.91. The molecular formula is C18H31FIN5. The van der Waals surface area contributed by atoms with Gasteiger partial charge in [0.25, 0.3) is 0 Å². The quantitative estimate of drug-likeness (QED) is 0.282. The lowest BCUT2D eigenvalue weighted by atomic mass is 10.2. The second kappa shape index (κ2) is 12.3. The minimum Gasteiger partial charge on any atom is -0.367 e. The molecule has 0 unspecified atom stereocenters. The number of nitrogens with one attached hydrogen (secondary N) is 2. The van der Waals surface area contributed by atoms with Gasteiger partial charge in [-0.2, -0.15) is 0 Å². The van der Waals surface area contributed by atoms with E-state index in [1.54, 1.807) is 13.1 Å². The number of piperazine rings is 1. The van der Waals surface area contributed by atoms with Crippen LogP contribution in [-0.2, 0) is 0 Å². The smallest absolute Gasteiger partial charge is 0.190 e. The first-order chi connectivity index (χ1) is 11.7. The molecule has 1 fully saturated rings. The number of aliphatic imine (C=N–C) groups is 1. The molecule has 1 heterocycles. The number of para-hydroxylation sites is 1. The number of hydrogen-bond donors (Lipinski definition) is 2. The molecule has 5 nitrogen and oxygen atoms in total. The molecule has 25 heavy (non-hydrogen) atoms. The van der Waals surface area contributed by atoms with Crippen molar-refractivity contribution < 1.29 is 4.39 Å². The molecule has 1 saturated heterocycles. The molecule has 0 aromatic heterocycles. The molecule has 1 aliphatic heterocycles. The van der Waals surface area contributed by atoms with Gasteiger partial charge in [0.1, 0.15) is 5.82 Å². The van der Waals surface area contributed by atoms with Crippen LogP contribution < -0.4 is 15.5 Å². The summed E-state index contributed by atoms with van der Waals surface area (Å²) < 4.78 is 13.8. The standard InChI is InChI=1S/C18H30FN5.HI/c1-3-9-21-18(20-2)22-10-6-11-23-12-14-24(15-13-23)17-8-5-4-7-16(17)19;/h4-5,7-8H,3,6,9-15H2,1-2H3,(H2,20,21,22);1H. The lowest BCUT2D eigenvalue weighted by molar-refractivity contribution is 0.254. The van der Waals surface area contributed by atoms with Crippen LogP contribution in [0.5, 0.6) is 0 Å². The van der Waals surface area contributed by atoms with Crippen molar-refractivity contribution >= 4 is 35.6 Å². The number of benzene rings is 1. The summed E-state index contributed by atoms with van der Waals surface area (Å²) in [5, 5.41) is 6.61. The highest BCUT2D eigenvalue weighted by Gasteiger charge is 2.18. The van der Waals surface area contributed by atoms with Gasteiger partial charge < -0.3 is 15.5 Å². The summed E-state index contributed by atoms with van der Waals surface area (Å²) in [5.74, 6) is 0.752. The van der Waals surface area contributed by atoms with Gasteiger partial charge in [-0.3, -0.25) is 9.89 Å². The Morgan fingerprint density at radius 3 is 2.44 bits per heavy atom. The molecule has 1 aliphatic rings. The summed E-state index contributed by atoms with van der Waals surface area (Å²) in [5.41, 5.74) is 0.726. The maximum atomic E-state index is 13.8. The Morgan fingerprint density at radius 2 is 1.80 bits per heavy atom. The van der Waals surface area contributed by atoms with Gasteiger partial charge in [-0.05, 0) is 31.5 Å². The minimum atomic E-state index is -0.124. The highest BCUT2D eigenvalue weighted by Crippen LogP contribution is 2.20. The predicted octanol–water partition coefficient (Wildman–Crippen LogP) is 2.53. The van der Waals surface area contributed by atoms with Gasteiger partial charge >= 0.3 is 0 Å². The third-order valence-corrected chi connectivity index (χ3v) is 4.28. The second-order valence-electron chi connectivity index (χ2n) is 6.06. The van der Waals surface area contributed by atoms with Gasteiger partial charge in [-0.15, -0.1) is 24.0 Å². The maximum Gasteiger partial charge on any atom is 0.190 e. The summed E-state index contributed by atoms with van der Waals surface area (Å²) in [7, 11) is 1.80. The SMILES string of the molecule is CCCNC(=NC)NCCCN1CCN(c2ccccc2F)CC1.I. The Hall–Kier alpha value is -1.09. The zero-order chi connectivity index (χ0) is 17.2. The normalized spacial score (nSPS) is 15.6. The molecule has 1 aromatic rings. The number of rotatable bonds is 7. The summed E-state index contributed by atoms with van der Waals surface area (Å²) in [6.45, 7) is 8.79. The molecule has 2 rings (SSSR count). The van der Waals surface area contributed by atoms with Crippen molar-refractivity contribution in [3.63, 3.8) is 0 Å². The van der Waals surface area contributed by atoms with E-state index >= 15 is 0 Å². The molecule has 0 amide bonds. The molecule has 0 spiro atoms. The largest absolute Gasteiger partial charge is 0.367 e. The van der Waals surface area contributed by atoms with Gasteiger partial charge in [0, 0.05) is 46.3 Å².